The zero-order valence-electron chi connectivity index (χ0n) is 9.27. The molecule has 1 N–H and O–H groups in total. The van der Waals surface area contributed by atoms with Gasteiger partial charge in [0, 0.05) is 6.26 Å². The van der Waals surface area contributed by atoms with Crippen molar-refractivity contribution in [2.75, 3.05) is 12.0 Å². The average Bonchev–Trinajstić information content (AvgIpc) is 2.15. The minimum atomic E-state index is -3.11. The lowest BCUT2D eigenvalue weighted by molar-refractivity contribution is 0.0538. The lowest BCUT2D eigenvalue weighted by Crippen LogP contribution is -2.24. The summed E-state index contributed by atoms with van der Waals surface area (Å²) in [5.74, 6) is -0.486. The van der Waals surface area contributed by atoms with Gasteiger partial charge in [0.05, 0.1) is 11.4 Å². The summed E-state index contributed by atoms with van der Waals surface area (Å²) in [5, 5.41) is 10.1. The Bertz CT molecular complexity index is 449. The van der Waals surface area contributed by atoms with E-state index in [9.17, 15) is 17.9 Å². The molecule has 0 aliphatic heterocycles. The molecule has 0 fully saturated rings. The standard InChI is InChI=1S/C11H15FO3S/c1-11(13,7-8-16(2,14)15)9-3-5-10(12)6-4-9/h3-6,13H,7-8H2,1-2H3. The third-order valence-electron chi connectivity index (χ3n) is 2.43. The number of hydrogen-bond acceptors (Lipinski definition) is 3. The SMILES string of the molecule is CC(O)(CCS(C)(=O)=O)c1ccc(F)cc1. The van der Waals surface area contributed by atoms with E-state index in [4.69, 9.17) is 0 Å². The van der Waals surface area contributed by atoms with E-state index in [1.807, 2.05) is 0 Å². The van der Waals surface area contributed by atoms with E-state index in [1.165, 1.54) is 31.2 Å². The zero-order chi connectivity index (χ0) is 12.4. The van der Waals surface area contributed by atoms with Gasteiger partial charge in [0.1, 0.15) is 15.7 Å². The molecule has 0 spiro atoms. The molecule has 0 aliphatic carbocycles. The molecule has 90 valence electrons. The van der Waals surface area contributed by atoms with Crippen LogP contribution in [0.1, 0.15) is 18.9 Å². The van der Waals surface area contributed by atoms with Crippen molar-refractivity contribution in [3.05, 3.63) is 35.6 Å². The molecule has 1 aromatic rings. The van der Waals surface area contributed by atoms with Crippen LogP contribution in [-0.4, -0.2) is 25.5 Å². The van der Waals surface area contributed by atoms with E-state index in [0.29, 0.717) is 5.56 Å². The summed E-state index contributed by atoms with van der Waals surface area (Å²) in [5.41, 5.74) is -0.742. The minimum absolute atomic E-state index is 0.0947. The third-order valence-corrected chi connectivity index (χ3v) is 3.37. The van der Waals surface area contributed by atoms with Crippen LogP contribution in [-0.2, 0) is 15.4 Å². The van der Waals surface area contributed by atoms with E-state index in [1.54, 1.807) is 0 Å². The number of sulfone groups is 1. The topological polar surface area (TPSA) is 54.4 Å². The Hall–Kier alpha value is -0.940. The van der Waals surface area contributed by atoms with Crippen molar-refractivity contribution < 1.29 is 17.9 Å². The maximum atomic E-state index is 12.7. The van der Waals surface area contributed by atoms with Crippen LogP contribution in [0.15, 0.2) is 24.3 Å². The first-order chi connectivity index (χ1) is 7.21. The van der Waals surface area contributed by atoms with Gasteiger partial charge in [-0.1, -0.05) is 12.1 Å². The fourth-order valence-corrected chi connectivity index (χ4v) is 2.11. The molecule has 1 unspecified atom stereocenters. The minimum Gasteiger partial charge on any atom is -0.385 e. The number of benzene rings is 1. The lowest BCUT2D eigenvalue weighted by atomic mass is 9.93. The predicted molar refractivity (Wildman–Crippen MR) is 60.3 cm³/mol. The molecule has 1 aromatic carbocycles. The smallest absolute Gasteiger partial charge is 0.147 e. The van der Waals surface area contributed by atoms with Gasteiger partial charge in [-0.2, -0.15) is 0 Å². The van der Waals surface area contributed by atoms with Crippen molar-refractivity contribution in [1.29, 1.82) is 0 Å². The Kier molecular flexibility index (Phi) is 3.70. The Morgan fingerprint density at radius 3 is 2.25 bits per heavy atom. The van der Waals surface area contributed by atoms with E-state index in [-0.39, 0.29) is 18.0 Å². The van der Waals surface area contributed by atoms with Gasteiger partial charge in [-0.25, -0.2) is 12.8 Å². The van der Waals surface area contributed by atoms with Crippen molar-refractivity contribution in [2.24, 2.45) is 0 Å². The van der Waals surface area contributed by atoms with Crippen LogP contribution in [0.25, 0.3) is 0 Å². The van der Waals surface area contributed by atoms with Gasteiger partial charge in [-0.15, -0.1) is 0 Å². The fraction of sp³-hybridized carbons (Fsp3) is 0.455. The first-order valence-corrected chi connectivity index (χ1v) is 6.93. The van der Waals surface area contributed by atoms with Gasteiger partial charge in [-0.05, 0) is 31.0 Å². The molecule has 1 rings (SSSR count). The molecule has 3 nitrogen and oxygen atoms in total. The van der Waals surface area contributed by atoms with E-state index in [0.717, 1.165) is 6.26 Å². The normalized spacial score (nSPS) is 15.8. The molecule has 0 bridgehead atoms. The van der Waals surface area contributed by atoms with E-state index >= 15 is 0 Å². The first-order valence-electron chi connectivity index (χ1n) is 4.87. The summed E-state index contributed by atoms with van der Waals surface area (Å²) in [6.07, 6.45) is 1.21. The van der Waals surface area contributed by atoms with Crippen molar-refractivity contribution in [3.63, 3.8) is 0 Å². The van der Waals surface area contributed by atoms with Crippen LogP contribution in [0.3, 0.4) is 0 Å². The van der Waals surface area contributed by atoms with Gasteiger partial charge in [0.2, 0.25) is 0 Å². The third kappa shape index (κ3) is 3.90. The van der Waals surface area contributed by atoms with Crippen molar-refractivity contribution in [2.45, 2.75) is 18.9 Å². The van der Waals surface area contributed by atoms with Gasteiger partial charge < -0.3 is 5.11 Å². The van der Waals surface area contributed by atoms with E-state index in [2.05, 4.69) is 0 Å². The highest BCUT2D eigenvalue weighted by Crippen LogP contribution is 2.24. The molecule has 0 saturated carbocycles. The Labute approximate surface area is 94.8 Å². The van der Waals surface area contributed by atoms with Crippen LogP contribution in [0.5, 0.6) is 0 Å². The molecule has 0 heterocycles. The maximum absolute atomic E-state index is 12.7. The maximum Gasteiger partial charge on any atom is 0.147 e. The van der Waals surface area contributed by atoms with Crippen molar-refractivity contribution >= 4 is 9.84 Å². The van der Waals surface area contributed by atoms with Crippen LogP contribution >= 0.6 is 0 Å². The molecule has 0 aromatic heterocycles. The molecule has 0 radical (unpaired) electrons. The second-order valence-electron chi connectivity index (χ2n) is 4.16. The molecule has 0 amide bonds. The highest BCUT2D eigenvalue weighted by molar-refractivity contribution is 7.90. The molecule has 1 atom stereocenters. The zero-order valence-corrected chi connectivity index (χ0v) is 10.1. The van der Waals surface area contributed by atoms with Crippen LogP contribution < -0.4 is 0 Å². The second-order valence-corrected chi connectivity index (χ2v) is 6.42. The van der Waals surface area contributed by atoms with Crippen LogP contribution in [0, 0.1) is 5.82 Å². The molecule has 16 heavy (non-hydrogen) atoms. The summed E-state index contributed by atoms with van der Waals surface area (Å²) >= 11 is 0. The van der Waals surface area contributed by atoms with E-state index < -0.39 is 15.4 Å². The Morgan fingerprint density at radius 1 is 1.31 bits per heavy atom. The molecule has 0 saturated heterocycles. The van der Waals surface area contributed by atoms with Gasteiger partial charge in [0.15, 0.2) is 0 Å². The van der Waals surface area contributed by atoms with Gasteiger partial charge in [0.25, 0.3) is 0 Å². The largest absolute Gasteiger partial charge is 0.385 e. The lowest BCUT2D eigenvalue weighted by Gasteiger charge is -2.23. The fourth-order valence-electron chi connectivity index (χ4n) is 1.34. The van der Waals surface area contributed by atoms with Crippen LogP contribution in [0.2, 0.25) is 0 Å². The average molecular weight is 246 g/mol. The molecule has 0 aliphatic rings. The van der Waals surface area contributed by atoms with Crippen molar-refractivity contribution in [3.8, 4) is 0 Å². The summed E-state index contributed by atoms with van der Waals surface area (Å²) in [4.78, 5) is 0. The molecule has 5 heteroatoms. The molecular weight excluding hydrogens is 231 g/mol. The van der Waals surface area contributed by atoms with Crippen molar-refractivity contribution in [1.82, 2.24) is 0 Å². The predicted octanol–water partition coefficient (Wildman–Crippen LogP) is 1.47. The summed E-state index contributed by atoms with van der Waals surface area (Å²) in [6.45, 7) is 1.52. The highest BCUT2D eigenvalue weighted by Gasteiger charge is 2.24. The monoisotopic (exact) mass is 246 g/mol. The summed E-state index contributed by atoms with van der Waals surface area (Å²) in [6, 6.07) is 5.39. The Morgan fingerprint density at radius 2 is 1.81 bits per heavy atom. The summed E-state index contributed by atoms with van der Waals surface area (Å²) in [7, 11) is -3.11. The summed E-state index contributed by atoms with van der Waals surface area (Å²) < 4.78 is 34.7. The number of hydrogen-bond donors (Lipinski definition) is 1. The Balaban J connectivity index is 2.81. The van der Waals surface area contributed by atoms with Gasteiger partial charge in [-0.3, -0.25) is 0 Å². The molecular formula is C11H15FO3S. The number of rotatable bonds is 4. The number of halogens is 1. The quantitative estimate of drug-likeness (QED) is 0.875. The van der Waals surface area contributed by atoms with Gasteiger partial charge >= 0.3 is 0 Å². The number of aliphatic hydroxyl groups is 1. The first kappa shape index (κ1) is 13.1. The second kappa shape index (κ2) is 4.51. The van der Waals surface area contributed by atoms with Crippen LogP contribution in [0.4, 0.5) is 4.39 Å². The highest BCUT2D eigenvalue weighted by atomic mass is 32.2.